The highest BCUT2D eigenvalue weighted by atomic mass is 32.2. The number of rotatable bonds is 9. The number of ether oxygens (including phenoxy) is 1. The van der Waals surface area contributed by atoms with Crippen LogP contribution in [0.1, 0.15) is 45.7 Å². The van der Waals surface area contributed by atoms with E-state index >= 15 is 0 Å². The average molecular weight is 555 g/mol. The molecule has 10 heteroatoms. The molecule has 0 saturated carbocycles. The average Bonchev–Trinajstić information content (AvgIpc) is 2.81. The highest BCUT2D eigenvalue weighted by Gasteiger charge is 2.30. The minimum Gasteiger partial charge on any atom is -0.457 e. The number of hydrogen-bond donors (Lipinski definition) is 4. The maximum Gasteiger partial charge on any atom is 0.228 e. The van der Waals surface area contributed by atoms with Crippen LogP contribution in [0.5, 0.6) is 5.75 Å². The Hall–Kier alpha value is -3.63. The predicted octanol–water partition coefficient (Wildman–Crippen LogP) is 3.08. The van der Waals surface area contributed by atoms with E-state index in [-0.39, 0.29) is 28.8 Å². The Kier molecular flexibility index (Phi) is 8.92. The van der Waals surface area contributed by atoms with Gasteiger partial charge in [-0.1, -0.05) is 18.2 Å². The van der Waals surface area contributed by atoms with Crippen LogP contribution < -0.4 is 21.1 Å². The zero-order chi connectivity index (χ0) is 29.0. The summed E-state index contributed by atoms with van der Waals surface area (Å²) in [4.78, 5) is 17.0. The summed E-state index contributed by atoms with van der Waals surface area (Å²) in [7, 11) is -3.71. The van der Waals surface area contributed by atoms with Gasteiger partial charge in [0.05, 0.1) is 40.0 Å². The number of nitrogens with zero attached hydrogens (tertiary/aromatic N) is 1. The highest BCUT2D eigenvalue weighted by molar-refractivity contribution is 7.95. The second-order valence-corrected chi connectivity index (χ2v) is 13.2. The maximum absolute atomic E-state index is 12.9. The first-order valence-corrected chi connectivity index (χ1v) is 14.3. The number of carbonyl (C=O) groups excluding carboxylic acids is 1. The van der Waals surface area contributed by atoms with Gasteiger partial charge in [0.25, 0.3) is 0 Å². The molecule has 5 N–H and O–H groups in total. The Labute approximate surface area is 230 Å². The van der Waals surface area contributed by atoms with Gasteiger partial charge in [-0.3, -0.25) is 9.79 Å². The molecular weight excluding hydrogens is 516 g/mol. The van der Waals surface area contributed by atoms with Crippen LogP contribution in [-0.4, -0.2) is 48.6 Å². The number of amides is 1. The van der Waals surface area contributed by atoms with E-state index in [1.54, 1.807) is 48.9 Å². The van der Waals surface area contributed by atoms with E-state index in [0.717, 1.165) is 11.1 Å². The number of allylic oxidation sites excluding steroid dienone is 3. The van der Waals surface area contributed by atoms with Gasteiger partial charge in [0.1, 0.15) is 11.5 Å². The number of carbonyl (C=O) groups is 1. The third-order valence-corrected chi connectivity index (χ3v) is 7.72. The van der Waals surface area contributed by atoms with Crippen LogP contribution >= 0.6 is 0 Å². The number of nitrogens with two attached hydrogens (primary N) is 1. The molecule has 0 bridgehead atoms. The first-order valence-electron chi connectivity index (χ1n) is 12.6. The molecule has 39 heavy (non-hydrogen) atoms. The molecular formula is C29H38N4O5S. The Morgan fingerprint density at radius 2 is 1.95 bits per heavy atom. The van der Waals surface area contributed by atoms with E-state index in [4.69, 9.17) is 10.5 Å². The first-order chi connectivity index (χ1) is 18.1. The molecule has 1 aliphatic heterocycles. The summed E-state index contributed by atoms with van der Waals surface area (Å²) >= 11 is 0. The van der Waals surface area contributed by atoms with Crippen LogP contribution in [0.3, 0.4) is 0 Å². The number of benzene rings is 1. The van der Waals surface area contributed by atoms with E-state index in [0.29, 0.717) is 22.8 Å². The number of aliphatic imine (C=N–C) groups is 1. The molecule has 3 rings (SSSR count). The Morgan fingerprint density at radius 3 is 2.56 bits per heavy atom. The lowest BCUT2D eigenvalue weighted by molar-refractivity contribution is -0.119. The molecule has 1 aromatic carbocycles. The van der Waals surface area contributed by atoms with Gasteiger partial charge in [0, 0.05) is 24.2 Å². The maximum atomic E-state index is 12.9. The lowest BCUT2D eigenvalue weighted by Crippen LogP contribution is -2.33. The Morgan fingerprint density at radius 1 is 1.23 bits per heavy atom. The van der Waals surface area contributed by atoms with Crippen LogP contribution in [-0.2, 0) is 21.1 Å². The van der Waals surface area contributed by atoms with Crippen molar-refractivity contribution in [2.24, 2.45) is 10.7 Å². The molecule has 210 valence electrons. The quantitative estimate of drug-likeness (QED) is 0.344. The molecule has 0 fully saturated rings. The fourth-order valence-electron chi connectivity index (χ4n) is 3.94. The van der Waals surface area contributed by atoms with Gasteiger partial charge in [-0.15, -0.1) is 0 Å². The summed E-state index contributed by atoms with van der Waals surface area (Å²) in [5, 5.41) is 16.0. The second kappa shape index (κ2) is 11.6. The fraction of sp³-hybridized carbons (Fsp3) is 0.379. The first kappa shape index (κ1) is 29.9. The van der Waals surface area contributed by atoms with Crippen molar-refractivity contribution in [3.63, 3.8) is 0 Å². The van der Waals surface area contributed by atoms with E-state index < -0.39 is 21.2 Å². The van der Waals surface area contributed by atoms with Crippen LogP contribution in [0, 0.1) is 6.92 Å². The van der Waals surface area contributed by atoms with Crippen molar-refractivity contribution >= 4 is 22.0 Å². The fourth-order valence-corrected chi connectivity index (χ4v) is 5.63. The number of aryl methyl sites for hydroxylation is 1. The van der Waals surface area contributed by atoms with Crippen molar-refractivity contribution in [3.8, 4) is 5.75 Å². The topological polar surface area (TPSA) is 143 Å². The van der Waals surface area contributed by atoms with E-state index in [1.807, 2.05) is 33.8 Å². The van der Waals surface area contributed by atoms with Crippen molar-refractivity contribution in [2.45, 2.75) is 65.1 Å². The predicted molar refractivity (Wildman–Crippen MR) is 155 cm³/mol. The monoisotopic (exact) mass is 554 g/mol. The molecule has 1 unspecified atom stereocenters. The van der Waals surface area contributed by atoms with Crippen LogP contribution in [0.25, 0.3) is 0 Å². The van der Waals surface area contributed by atoms with Crippen molar-refractivity contribution < 1.29 is 23.1 Å². The lowest BCUT2D eigenvalue weighted by atomic mass is 9.98. The molecule has 0 saturated heterocycles. The van der Waals surface area contributed by atoms with E-state index in [1.165, 1.54) is 20.0 Å². The van der Waals surface area contributed by atoms with Gasteiger partial charge in [0.2, 0.25) is 5.91 Å². The van der Waals surface area contributed by atoms with E-state index in [2.05, 4.69) is 15.6 Å². The lowest BCUT2D eigenvalue weighted by Gasteiger charge is -2.26. The largest absolute Gasteiger partial charge is 0.457 e. The molecule has 1 aromatic rings. The van der Waals surface area contributed by atoms with Gasteiger partial charge >= 0.3 is 0 Å². The van der Waals surface area contributed by atoms with Crippen molar-refractivity contribution in [3.05, 3.63) is 88.0 Å². The van der Waals surface area contributed by atoms with Gasteiger partial charge in [-0.2, -0.15) is 0 Å². The molecule has 1 heterocycles. The number of nitrogens with one attached hydrogen (secondary N) is 2. The van der Waals surface area contributed by atoms with Crippen LogP contribution in [0.15, 0.2) is 81.8 Å². The molecule has 0 aromatic heterocycles. The van der Waals surface area contributed by atoms with Crippen molar-refractivity contribution in [1.29, 1.82) is 0 Å². The molecule has 1 atom stereocenters. The summed E-state index contributed by atoms with van der Waals surface area (Å²) in [5.74, 6) is 0.459. The third-order valence-electron chi connectivity index (χ3n) is 5.66. The van der Waals surface area contributed by atoms with Crippen LogP contribution in [0.4, 0.5) is 0 Å². The van der Waals surface area contributed by atoms with Crippen molar-refractivity contribution in [2.75, 3.05) is 5.75 Å². The smallest absolute Gasteiger partial charge is 0.228 e. The summed E-state index contributed by atoms with van der Waals surface area (Å²) in [6.07, 6.45) is 11.4. The SMILES string of the molecule is Cc1cc(CC(=O)NC(C=NC(C)(C)C)=CN)ccc1OC1=C2C=C(S(=O)(=O)CC(C)(C)O)C=CC2NC=C1. The molecule has 0 radical (unpaired) electrons. The van der Waals surface area contributed by atoms with Crippen molar-refractivity contribution in [1.82, 2.24) is 10.6 Å². The number of aliphatic hydroxyl groups is 1. The Balaban J connectivity index is 1.77. The molecule has 9 nitrogen and oxygen atoms in total. The zero-order valence-electron chi connectivity index (χ0n) is 23.3. The van der Waals surface area contributed by atoms with Crippen LogP contribution in [0.2, 0.25) is 0 Å². The molecule has 2 aliphatic rings. The molecule has 1 amide bonds. The highest BCUT2D eigenvalue weighted by Crippen LogP contribution is 2.30. The number of hydrogen-bond acceptors (Lipinski definition) is 8. The minimum atomic E-state index is -3.71. The summed E-state index contributed by atoms with van der Waals surface area (Å²) < 4.78 is 31.9. The standard InChI is InChI=1S/C29H38N4O5S/c1-19-13-20(14-27(34)33-21(16-30)17-32-28(2,3)4)7-10-25(19)38-26-11-12-31-24-9-8-22(15-23(24)26)39(36,37)18-29(5,6)35/h7-13,15-17,24,31,35H,14,18,30H2,1-6H3,(H,33,34). The number of dihydropyridines is 1. The molecule has 0 spiro atoms. The summed E-state index contributed by atoms with van der Waals surface area (Å²) in [6.45, 7) is 10.6. The molecule has 1 aliphatic carbocycles. The van der Waals surface area contributed by atoms with E-state index in [9.17, 15) is 18.3 Å². The number of sulfone groups is 1. The third kappa shape index (κ3) is 8.69. The normalized spacial score (nSPS) is 18.1. The van der Waals surface area contributed by atoms with Gasteiger partial charge in [0.15, 0.2) is 9.84 Å². The van der Waals surface area contributed by atoms with Gasteiger partial charge < -0.3 is 26.2 Å². The van der Waals surface area contributed by atoms with Gasteiger partial charge in [-0.05, 0) is 77.0 Å². The second-order valence-electron chi connectivity index (χ2n) is 11.3. The Bertz CT molecular complexity index is 1400. The van der Waals surface area contributed by atoms with Gasteiger partial charge in [-0.25, -0.2) is 8.42 Å². The zero-order valence-corrected chi connectivity index (χ0v) is 24.1. The summed E-state index contributed by atoms with van der Waals surface area (Å²) in [6, 6.07) is 5.21. The summed E-state index contributed by atoms with van der Waals surface area (Å²) in [5.41, 5.74) is 6.67. The minimum absolute atomic E-state index is 0.116. The number of fused-ring (bicyclic) bond motifs is 1.